The summed E-state index contributed by atoms with van der Waals surface area (Å²) in [5.41, 5.74) is 0.876. The fourth-order valence-electron chi connectivity index (χ4n) is 4.15. The Morgan fingerprint density at radius 3 is 2.23 bits per heavy atom. The molecule has 0 aliphatic carbocycles. The number of rotatable bonds is 10. The molecule has 204 valence electrons. The zero-order valence-corrected chi connectivity index (χ0v) is 22.7. The van der Waals surface area contributed by atoms with Crippen molar-refractivity contribution in [1.29, 1.82) is 0 Å². The second-order valence-electron chi connectivity index (χ2n) is 8.27. The number of ether oxygens (including phenoxy) is 4. The number of aromatic nitrogens is 1. The highest BCUT2D eigenvalue weighted by Gasteiger charge is 2.30. The van der Waals surface area contributed by atoms with Crippen molar-refractivity contribution in [1.82, 2.24) is 4.57 Å². The number of benzene rings is 3. The number of carbonyl (C=O) groups excluding carboxylic acids is 2. The first-order valence-corrected chi connectivity index (χ1v) is 13.4. The van der Waals surface area contributed by atoms with Gasteiger partial charge < -0.3 is 18.9 Å². The van der Waals surface area contributed by atoms with Crippen LogP contribution < -0.4 is 18.5 Å². The van der Waals surface area contributed by atoms with Gasteiger partial charge in [0, 0.05) is 17.6 Å². The predicted octanol–water partition coefficient (Wildman–Crippen LogP) is 4.38. The maximum Gasteiger partial charge on any atom is 0.340 e. The quantitative estimate of drug-likeness (QED) is 0.267. The van der Waals surface area contributed by atoms with E-state index in [1.54, 1.807) is 48.5 Å². The fourth-order valence-corrected chi connectivity index (χ4v) is 5.58. The number of hydrogen-bond donors (Lipinski definition) is 0. The van der Waals surface area contributed by atoms with E-state index in [-0.39, 0.29) is 21.9 Å². The number of para-hydroxylation sites is 1. The van der Waals surface area contributed by atoms with E-state index in [1.165, 1.54) is 50.3 Å². The summed E-state index contributed by atoms with van der Waals surface area (Å²) in [7, 11) is -0.180. The van der Waals surface area contributed by atoms with Gasteiger partial charge >= 0.3 is 5.97 Å². The predicted molar refractivity (Wildman–Crippen MR) is 146 cm³/mol. The van der Waals surface area contributed by atoms with Crippen molar-refractivity contribution >= 4 is 38.5 Å². The first kappa shape index (κ1) is 27.5. The number of fused-ring (bicyclic) bond motifs is 1. The Kier molecular flexibility index (Phi) is 8.10. The van der Waals surface area contributed by atoms with Gasteiger partial charge in [-0.25, -0.2) is 13.2 Å². The van der Waals surface area contributed by atoms with Crippen molar-refractivity contribution in [2.45, 2.75) is 11.8 Å². The van der Waals surface area contributed by atoms with Crippen LogP contribution in [-0.2, 0) is 14.8 Å². The van der Waals surface area contributed by atoms with Gasteiger partial charge in [-0.3, -0.25) is 13.7 Å². The Morgan fingerprint density at radius 1 is 0.897 bits per heavy atom. The molecule has 3 aromatic carbocycles. The highest BCUT2D eigenvalue weighted by atomic mass is 32.2. The number of carbonyl (C=O) groups is 2. The van der Waals surface area contributed by atoms with Gasteiger partial charge in [-0.05, 0) is 49.4 Å². The molecule has 0 radical (unpaired) electrons. The summed E-state index contributed by atoms with van der Waals surface area (Å²) in [6, 6.07) is 17.4. The van der Waals surface area contributed by atoms with Crippen molar-refractivity contribution in [3.63, 3.8) is 0 Å². The topological polar surface area (TPSA) is 113 Å². The largest absolute Gasteiger partial charge is 0.494 e. The summed E-state index contributed by atoms with van der Waals surface area (Å²) in [4.78, 5) is 25.9. The zero-order valence-electron chi connectivity index (χ0n) is 21.9. The SMILES string of the molecule is CCOc1ccc(N(CC(=O)n2cc(C(=O)OC)c3ccccc32)S(=O)(=O)c2ccc(OC)c(OC)c2)cc1. The van der Waals surface area contributed by atoms with Crippen LogP contribution >= 0.6 is 0 Å². The molecule has 1 heterocycles. The van der Waals surface area contributed by atoms with Crippen molar-refractivity contribution in [2.24, 2.45) is 0 Å². The number of methoxy groups -OCH3 is 3. The molecule has 0 saturated carbocycles. The first-order chi connectivity index (χ1) is 18.7. The van der Waals surface area contributed by atoms with Gasteiger partial charge in [0.15, 0.2) is 11.5 Å². The highest BCUT2D eigenvalue weighted by Crippen LogP contribution is 2.33. The normalized spacial score (nSPS) is 11.2. The van der Waals surface area contributed by atoms with Gasteiger partial charge in [-0.1, -0.05) is 18.2 Å². The molecular formula is C28H28N2O8S. The van der Waals surface area contributed by atoms with Gasteiger partial charge in [0.05, 0.1) is 49.6 Å². The summed E-state index contributed by atoms with van der Waals surface area (Å²) < 4.78 is 51.1. The number of esters is 1. The third-order valence-corrected chi connectivity index (χ3v) is 7.81. The van der Waals surface area contributed by atoms with Crippen LogP contribution in [0.3, 0.4) is 0 Å². The molecule has 0 bridgehead atoms. The van der Waals surface area contributed by atoms with E-state index < -0.39 is 28.4 Å². The molecule has 0 atom stereocenters. The Balaban J connectivity index is 1.81. The van der Waals surface area contributed by atoms with E-state index >= 15 is 0 Å². The molecule has 10 nitrogen and oxygen atoms in total. The van der Waals surface area contributed by atoms with Crippen molar-refractivity contribution in [3.8, 4) is 17.2 Å². The molecule has 4 aromatic rings. The van der Waals surface area contributed by atoms with Crippen LogP contribution in [0.4, 0.5) is 5.69 Å². The molecule has 39 heavy (non-hydrogen) atoms. The third kappa shape index (κ3) is 5.39. The van der Waals surface area contributed by atoms with Crippen molar-refractivity contribution in [2.75, 3.05) is 38.8 Å². The number of sulfonamides is 1. The van der Waals surface area contributed by atoms with Gasteiger partial charge in [0.25, 0.3) is 15.9 Å². The minimum Gasteiger partial charge on any atom is -0.494 e. The smallest absolute Gasteiger partial charge is 0.340 e. The van der Waals surface area contributed by atoms with Gasteiger partial charge in [-0.15, -0.1) is 0 Å². The monoisotopic (exact) mass is 552 g/mol. The summed E-state index contributed by atoms with van der Waals surface area (Å²) in [5, 5.41) is 0.507. The number of hydrogen-bond acceptors (Lipinski definition) is 8. The van der Waals surface area contributed by atoms with Crippen LogP contribution in [0, 0.1) is 0 Å². The molecule has 0 N–H and O–H groups in total. The maximum atomic E-state index is 14.0. The number of anilines is 1. The van der Waals surface area contributed by atoms with Gasteiger partial charge in [0.2, 0.25) is 0 Å². The van der Waals surface area contributed by atoms with E-state index in [9.17, 15) is 18.0 Å². The van der Waals surface area contributed by atoms with Gasteiger partial charge in [0.1, 0.15) is 12.3 Å². The second kappa shape index (κ2) is 11.5. The molecule has 0 spiro atoms. The fraction of sp³-hybridized carbons (Fsp3) is 0.214. The Labute approximate surface area is 226 Å². The van der Waals surface area contributed by atoms with Crippen LogP contribution in [0.2, 0.25) is 0 Å². The lowest BCUT2D eigenvalue weighted by Gasteiger charge is -2.25. The Morgan fingerprint density at radius 2 is 1.59 bits per heavy atom. The Hall–Kier alpha value is -4.51. The van der Waals surface area contributed by atoms with E-state index in [2.05, 4.69) is 0 Å². The molecule has 0 unspecified atom stereocenters. The van der Waals surface area contributed by atoms with Crippen molar-refractivity contribution < 1.29 is 37.0 Å². The van der Waals surface area contributed by atoms with E-state index in [0.29, 0.717) is 29.0 Å². The highest BCUT2D eigenvalue weighted by molar-refractivity contribution is 7.92. The molecule has 0 aliphatic heterocycles. The summed E-state index contributed by atoms with van der Waals surface area (Å²) >= 11 is 0. The van der Waals surface area contributed by atoms with Crippen molar-refractivity contribution in [3.05, 3.63) is 78.5 Å². The average Bonchev–Trinajstić information content (AvgIpc) is 3.35. The molecular weight excluding hydrogens is 524 g/mol. The minimum absolute atomic E-state index is 0.102. The summed E-state index contributed by atoms with van der Waals surface area (Å²) in [6.45, 7) is 1.71. The first-order valence-electron chi connectivity index (χ1n) is 11.9. The molecule has 0 fully saturated rings. The second-order valence-corrected chi connectivity index (χ2v) is 10.1. The standard InChI is InChI=1S/C28H28N2O8S/c1-5-38-20-12-10-19(11-13-20)30(39(33,34)21-14-15-25(35-2)26(16-21)36-3)18-27(31)29-17-23(28(32)37-4)22-8-6-7-9-24(22)29/h6-17H,5,18H2,1-4H3. The third-order valence-electron chi connectivity index (χ3n) is 6.04. The molecule has 0 saturated heterocycles. The molecule has 11 heteroatoms. The molecule has 0 amide bonds. The zero-order chi connectivity index (χ0) is 28.2. The lowest BCUT2D eigenvalue weighted by molar-refractivity contribution is 0.0603. The molecule has 1 aromatic heterocycles. The summed E-state index contributed by atoms with van der Waals surface area (Å²) in [5.74, 6) is -0.0708. The average molecular weight is 553 g/mol. The van der Waals surface area contributed by atoms with Crippen LogP contribution in [0.25, 0.3) is 10.9 Å². The summed E-state index contributed by atoms with van der Waals surface area (Å²) in [6.07, 6.45) is 1.36. The molecule has 0 aliphatic rings. The van der Waals surface area contributed by atoms with Crippen LogP contribution in [-0.4, -0.2) is 59.3 Å². The van der Waals surface area contributed by atoms with E-state index in [4.69, 9.17) is 18.9 Å². The van der Waals surface area contributed by atoms with Crippen LogP contribution in [0.15, 0.2) is 77.8 Å². The van der Waals surface area contributed by atoms with Crippen LogP contribution in [0.1, 0.15) is 22.1 Å². The lowest BCUT2D eigenvalue weighted by atomic mass is 10.2. The maximum absolute atomic E-state index is 14.0. The van der Waals surface area contributed by atoms with E-state index in [1.807, 2.05) is 6.92 Å². The lowest BCUT2D eigenvalue weighted by Crippen LogP contribution is -2.37. The number of nitrogens with zero attached hydrogens (tertiary/aromatic N) is 2. The van der Waals surface area contributed by atoms with Gasteiger partial charge in [-0.2, -0.15) is 0 Å². The Bertz CT molecular complexity index is 1610. The van der Waals surface area contributed by atoms with Crippen LogP contribution in [0.5, 0.6) is 17.2 Å². The van der Waals surface area contributed by atoms with E-state index in [0.717, 1.165) is 4.31 Å². The minimum atomic E-state index is -4.28. The molecule has 4 rings (SSSR count).